The van der Waals surface area contributed by atoms with Crippen molar-refractivity contribution in [2.45, 2.75) is 57.0 Å². The van der Waals surface area contributed by atoms with Gasteiger partial charge in [0.05, 0.1) is 6.04 Å². The molecule has 2 atom stereocenters. The van der Waals surface area contributed by atoms with Gasteiger partial charge in [-0.1, -0.05) is 67.6 Å². The highest BCUT2D eigenvalue weighted by molar-refractivity contribution is 5.80. The molecule has 1 heterocycles. The molecule has 0 radical (unpaired) electrons. The van der Waals surface area contributed by atoms with E-state index < -0.39 is 0 Å². The first-order valence-electron chi connectivity index (χ1n) is 9.79. The lowest BCUT2D eigenvalue weighted by atomic mass is 9.88. The summed E-state index contributed by atoms with van der Waals surface area (Å²) >= 11 is 0. The first kappa shape index (κ1) is 19.2. The Bertz CT molecular complexity index is 760. The number of amides is 2. The lowest BCUT2D eigenvalue weighted by molar-refractivity contribution is -0.123. The molecule has 27 heavy (non-hydrogen) atoms. The minimum Gasteiger partial charge on any atom is -0.351 e. The maximum atomic E-state index is 12.7. The third-order valence-electron chi connectivity index (χ3n) is 5.56. The first-order chi connectivity index (χ1) is 13.1. The van der Waals surface area contributed by atoms with Gasteiger partial charge in [-0.05, 0) is 36.8 Å². The molecule has 2 amide bonds. The van der Waals surface area contributed by atoms with Crippen molar-refractivity contribution >= 4 is 11.8 Å². The normalized spacial score (nSPS) is 20.1. The van der Waals surface area contributed by atoms with E-state index in [9.17, 15) is 9.59 Å². The maximum absolute atomic E-state index is 12.7. The molecule has 142 valence electrons. The Balaban J connectivity index is 1.64. The van der Waals surface area contributed by atoms with Crippen molar-refractivity contribution < 1.29 is 9.59 Å². The molecule has 0 unspecified atom stereocenters. The summed E-state index contributed by atoms with van der Waals surface area (Å²) in [6.45, 7) is 2.08. The highest BCUT2D eigenvalue weighted by atomic mass is 16.2. The summed E-state index contributed by atoms with van der Waals surface area (Å²) in [7, 11) is 0. The van der Waals surface area contributed by atoms with Crippen LogP contribution in [0.3, 0.4) is 0 Å². The molecular formula is C23H28N2O2. The Morgan fingerprint density at radius 2 is 1.78 bits per heavy atom. The molecule has 2 aromatic carbocycles. The number of carbonyl (C=O) groups is 2. The van der Waals surface area contributed by atoms with Crippen LogP contribution >= 0.6 is 0 Å². The smallest absolute Gasteiger partial charge is 0.220 e. The van der Waals surface area contributed by atoms with Crippen molar-refractivity contribution in [1.82, 2.24) is 10.6 Å². The zero-order chi connectivity index (χ0) is 19.1. The quantitative estimate of drug-likeness (QED) is 0.746. The van der Waals surface area contributed by atoms with E-state index in [0.717, 1.165) is 24.8 Å². The van der Waals surface area contributed by atoms with Crippen LogP contribution in [0.25, 0.3) is 0 Å². The monoisotopic (exact) mass is 364 g/mol. The Labute approximate surface area is 161 Å². The number of rotatable bonds is 8. The predicted octanol–water partition coefficient (Wildman–Crippen LogP) is 3.93. The van der Waals surface area contributed by atoms with Crippen LogP contribution in [-0.4, -0.2) is 17.4 Å². The van der Waals surface area contributed by atoms with Gasteiger partial charge >= 0.3 is 0 Å². The Kier molecular flexibility index (Phi) is 6.28. The molecule has 4 nitrogen and oxygen atoms in total. The SMILES string of the molecule is CC[C@]1(CCC(=O)N[C@H](Cc2ccccc2)c2ccccc2)CCC(=O)N1. The molecule has 1 saturated heterocycles. The Morgan fingerprint density at radius 3 is 2.37 bits per heavy atom. The van der Waals surface area contributed by atoms with Crippen LogP contribution in [0, 0.1) is 0 Å². The summed E-state index contributed by atoms with van der Waals surface area (Å²) in [5.74, 6) is 0.136. The molecule has 1 aliphatic rings. The van der Waals surface area contributed by atoms with Crippen molar-refractivity contribution in [3.8, 4) is 0 Å². The lowest BCUT2D eigenvalue weighted by Gasteiger charge is -2.28. The van der Waals surface area contributed by atoms with Crippen LogP contribution in [-0.2, 0) is 16.0 Å². The average Bonchev–Trinajstić information content (AvgIpc) is 3.09. The maximum Gasteiger partial charge on any atom is 0.220 e. The number of benzene rings is 2. The molecule has 0 spiro atoms. The minimum absolute atomic E-state index is 0.0359. The third kappa shape index (κ3) is 5.19. The van der Waals surface area contributed by atoms with Crippen LogP contribution in [0.2, 0.25) is 0 Å². The largest absolute Gasteiger partial charge is 0.351 e. The summed E-state index contributed by atoms with van der Waals surface area (Å²) < 4.78 is 0. The van der Waals surface area contributed by atoms with E-state index in [-0.39, 0.29) is 23.4 Å². The van der Waals surface area contributed by atoms with E-state index >= 15 is 0 Å². The van der Waals surface area contributed by atoms with Crippen molar-refractivity contribution in [3.63, 3.8) is 0 Å². The minimum atomic E-state index is -0.212. The molecule has 0 aliphatic carbocycles. The van der Waals surface area contributed by atoms with Crippen LogP contribution in [0.5, 0.6) is 0 Å². The highest BCUT2D eigenvalue weighted by Crippen LogP contribution is 2.29. The summed E-state index contributed by atoms with van der Waals surface area (Å²) in [6, 6.07) is 20.2. The molecule has 1 aliphatic heterocycles. The molecule has 4 heteroatoms. The Morgan fingerprint density at radius 1 is 1.11 bits per heavy atom. The first-order valence-corrected chi connectivity index (χ1v) is 9.79. The van der Waals surface area contributed by atoms with Crippen LogP contribution in [0.15, 0.2) is 60.7 Å². The van der Waals surface area contributed by atoms with E-state index in [0.29, 0.717) is 19.3 Å². The molecule has 0 saturated carbocycles. The summed E-state index contributed by atoms with van der Waals surface area (Å²) in [5.41, 5.74) is 2.09. The van der Waals surface area contributed by atoms with Crippen LogP contribution in [0.4, 0.5) is 0 Å². The summed E-state index contributed by atoms with van der Waals surface area (Å²) in [6.07, 6.45) is 4.11. The van der Waals surface area contributed by atoms with Gasteiger partial charge in [-0.2, -0.15) is 0 Å². The lowest BCUT2D eigenvalue weighted by Crippen LogP contribution is -2.42. The zero-order valence-corrected chi connectivity index (χ0v) is 15.9. The topological polar surface area (TPSA) is 58.2 Å². The van der Waals surface area contributed by atoms with Gasteiger partial charge in [-0.25, -0.2) is 0 Å². The molecule has 1 fully saturated rings. The van der Waals surface area contributed by atoms with Crippen LogP contribution in [0.1, 0.15) is 56.2 Å². The highest BCUT2D eigenvalue weighted by Gasteiger charge is 2.36. The number of hydrogen-bond donors (Lipinski definition) is 2. The van der Waals surface area contributed by atoms with Crippen molar-refractivity contribution in [2.24, 2.45) is 0 Å². The fourth-order valence-electron chi connectivity index (χ4n) is 3.81. The van der Waals surface area contributed by atoms with Gasteiger partial charge in [0.1, 0.15) is 0 Å². The van der Waals surface area contributed by atoms with Gasteiger partial charge in [0.25, 0.3) is 0 Å². The van der Waals surface area contributed by atoms with Crippen molar-refractivity contribution in [1.29, 1.82) is 0 Å². The van der Waals surface area contributed by atoms with E-state index in [4.69, 9.17) is 0 Å². The molecular weight excluding hydrogens is 336 g/mol. The summed E-state index contributed by atoms with van der Waals surface area (Å²) in [5, 5.41) is 6.28. The second-order valence-corrected chi connectivity index (χ2v) is 7.40. The van der Waals surface area contributed by atoms with E-state index in [1.54, 1.807) is 0 Å². The third-order valence-corrected chi connectivity index (χ3v) is 5.56. The molecule has 2 aromatic rings. The molecule has 2 N–H and O–H groups in total. The van der Waals surface area contributed by atoms with Crippen molar-refractivity contribution in [2.75, 3.05) is 0 Å². The molecule has 0 bridgehead atoms. The molecule has 0 aromatic heterocycles. The average molecular weight is 364 g/mol. The second-order valence-electron chi connectivity index (χ2n) is 7.40. The van der Waals surface area contributed by atoms with E-state index in [2.05, 4.69) is 41.8 Å². The van der Waals surface area contributed by atoms with E-state index in [1.165, 1.54) is 5.56 Å². The van der Waals surface area contributed by atoms with Gasteiger partial charge in [-0.15, -0.1) is 0 Å². The fraction of sp³-hybridized carbons (Fsp3) is 0.391. The van der Waals surface area contributed by atoms with Crippen LogP contribution < -0.4 is 10.6 Å². The van der Waals surface area contributed by atoms with E-state index in [1.807, 2.05) is 36.4 Å². The molecule has 3 rings (SSSR count). The second kappa shape index (κ2) is 8.85. The number of carbonyl (C=O) groups excluding carboxylic acids is 2. The van der Waals surface area contributed by atoms with Gasteiger partial charge in [-0.3, -0.25) is 9.59 Å². The fourth-order valence-corrected chi connectivity index (χ4v) is 3.81. The van der Waals surface area contributed by atoms with Gasteiger partial charge < -0.3 is 10.6 Å². The number of nitrogens with one attached hydrogen (secondary N) is 2. The number of hydrogen-bond acceptors (Lipinski definition) is 2. The van der Waals surface area contributed by atoms with Gasteiger partial charge in [0.15, 0.2) is 0 Å². The zero-order valence-electron chi connectivity index (χ0n) is 15.9. The van der Waals surface area contributed by atoms with Gasteiger partial charge in [0.2, 0.25) is 11.8 Å². The van der Waals surface area contributed by atoms with Crippen molar-refractivity contribution in [3.05, 3.63) is 71.8 Å². The predicted molar refractivity (Wildman–Crippen MR) is 107 cm³/mol. The standard InChI is InChI=1S/C23H28N2O2/c1-2-23(16-14-22(27)25-23)15-13-21(26)24-20(19-11-7-4-8-12-19)17-18-9-5-3-6-10-18/h3-12,20H,2,13-17H2,1H3,(H,24,26)(H,25,27)/t20-,23+/m1/s1. The van der Waals surface area contributed by atoms with Gasteiger partial charge in [0, 0.05) is 18.4 Å². The Hall–Kier alpha value is -2.62. The summed E-state index contributed by atoms with van der Waals surface area (Å²) in [4.78, 5) is 24.3.